The van der Waals surface area contributed by atoms with Crippen molar-refractivity contribution in [2.45, 2.75) is 175 Å². The minimum absolute atomic E-state index is 0.0720. The Bertz CT molecular complexity index is 886. The molecular formula is C34H64O8Si. The van der Waals surface area contributed by atoms with Gasteiger partial charge in [0, 0.05) is 30.8 Å². The van der Waals surface area contributed by atoms with E-state index in [0.717, 1.165) is 32.1 Å². The molecule has 2 fully saturated rings. The average Bonchev–Trinajstić information content (AvgIpc) is 3.55. The van der Waals surface area contributed by atoms with Crippen molar-refractivity contribution >= 4 is 20.1 Å². The molecule has 0 aromatic heterocycles. The van der Waals surface area contributed by atoms with Crippen molar-refractivity contribution in [2.24, 2.45) is 17.8 Å². The fraction of sp³-hybridized carbons (Fsp3) is 0.941. The molecule has 9 heteroatoms. The first kappa shape index (κ1) is 38.3. The molecule has 252 valence electrons. The van der Waals surface area contributed by atoms with Crippen LogP contribution >= 0.6 is 0 Å². The number of carbonyl (C=O) groups excluding carboxylic acids is 2. The fourth-order valence-corrected chi connectivity index (χ4v) is 7.54. The predicted molar refractivity (Wildman–Crippen MR) is 172 cm³/mol. The lowest BCUT2D eigenvalue weighted by molar-refractivity contribution is -0.219. The summed E-state index contributed by atoms with van der Waals surface area (Å²) < 4.78 is 30.9. The van der Waals surface area contributed by atoms with E-state index in [-0.39, 0.29) is 53.9 Å². The van der Waals surface area contributed by atoms with Crippen molar-refractivity contribution in [1.29, 1.82) is 0 Å². The van der Waals surface area contributed by atoms with Crippen molar-refractivity contribution in [2.75, 3.05) is 13.2 Å². The van der Waals surface area contributed by atoms with Gasteiger partial charge in [0.25, 0.3) is 0 Å². The molecule has 1 unspecified atom stereocenters. The summed E-state index contributed by atoms with van der Waals surface area (Å²) in [6.07, 6.45) is 4.94. The first-order chi connectivity index (χ1) is 19.8. The highest BCUT2D eigenvalue weighted by Gasteiger charge is 2.49. The largest absolute Gasteiger partial charge is 0.460 e. The highest BCUT2D eigenvalue weighted by Crippen LogP contribution is 2.40. The minimum Gasteiger partial charge on any atom is -0.460 e. The van der Waals surface area contributed by atoms with Gasteiger partial charge in [-0.1, -0.05) is 54.9 Å². The number of hydrogen-bond donors (Lipinski definition) is 1. The van der Waals surface area contributed by atoms with Gasteiger partial charge in [0.15, 0.2) is 14.1 Å². The van der Waals surface area contributed by atoms with Crippen molar-refractivity contribution in [3.63, 3.8) is 0 Å². The zero-order chi connectivity index (χ0) is 32.8. The van der Waals surface area contributed by atoms with E-state index in [4.69, 9.17) is 23.4 Å². The summed E-state index contributed by atoms with van der Waals surface area (Å²) >= 11 is 0. The zero-order valence-corrected chi connectivity index (χ0v) is 30.4. The van der Waals surface area contributed by atoms with Crippen LogP contribution in [-0.4, -0.2) is 74.2 Å². The quantitative estimate of drug-likeness (QED) is 0.141. The van der Waals surface area contributed by atoms with Gasteiger partial charge in [-0.05, 0) is 71.0 Å². The maximum absolute atomic E-state index is 13.4. The third kappa shape index (κ3) is 10.6. The normalized spacial score (nSPS) is 24.8. The average molecular weight is 629 g/mol. The van der Waals surface area contributed by atoms with Crippen LogP contribution in [0.2, 0.25) is 18.1 Å². The number of Topliss-reactive ketones (excluding diaryl/α,β-unsaturated/α-hetero) is 1. The van der Waals surface area contributed by atoms with Gasteiger partial charge in [0.05, 0.1) is 31.5 Å². The molecule has 2 saturated heterocycles. The smallest absolute Gasteiger partial charge is 0.314 e. The van der Waals surface area contributed by atoms with Gasteiger partial charge in [0.1, 0.15) is 17.3 Å². The summed E-state index contributed by atoms with van der Waals surface area (Å²) in [5, 5.41) is 11.4. The van der Waals surface area contributed by atoms with E-state index >= 15 is 0 Å². The molecule has 7 atom stereocenters. The monoisotopic (exact) mass is 628 g/mol. The van der Waals surface area contributed by atoms with Crippen LogP contribution in [0.15, 0.2) is 0 Å². The lowest BCUT2D eigenvalue weighted by atomic mass is 9.83. The Kier molecular flexibility index (Phi) is 13.9. The highest BCUT2D eigenvalue weighted by atomic mass is 28.4. The molecule has 0 saturated carbocycles. The minimum atomic E-state index is -1.89. The van der Waals surface area contributed by atoms with Gasteiger partial charge in [-0.25, -0.2) is 0 Å². The number of ether oxygens (including phenoxy) is 4. The van der Waals surface area contributed by atoms with E-state index in [1.807, 2.05) is 34.6 Å². The summed E-state index contributed by atoms with van der Waals surface area (Å²) in [5.41, 5.74) is -0.634. The topological polar surface area (TPSA) is 101 Å². The summed E-state index contributed by atoms with van der Waals surface area (Å²) in [7, 11) is -1.89. The van der Waals surface area contributed by atoms with E-state index in [1.54, 1.807) is 6.92 Å². The van der Waals surface area contributed by atoms with Gasteiger partial charge < -0.3 is 28.5 Å². The van der Waals surface area contributed by atoms with Gasteiger partial charge in [0.2, 0.25) is 0 Å². The summed E-state index contributed by atoms with van der Waals surface area (Å²) in [4.78, 5) is 26.4. The fourth-order valence-electron chi connectivity index (χ4n) is 6.14. The van der Waals surface area contributed by atoms with E-state index in [0.29, 0.717) is 19.6 Å². The van der Waals surface area contributed by atoms with E-state index in [1.165, 1.54) is 0 Å². The van der Waals surface area contributed by atoms with E-state index in [9.17, 15) is 14.7 Å². The second kappa shape index (κ2) is 15.6. The summed E-state index contributed by atoms with van der Waals surface area (Å²) in [6, 6.07) is 0. The Balaban J connectivity index is 1.98. The number of aliphatic hydroxyl groups is 1. The van der Waals surface area contributed by atoms with Gasteiger partial charge in [-0.3, -0.25) is 9.59 Å². The number of esters is 1. The van der Waals surface area contributed by atoms with Crippen molar-refractivity contribution in [1.82, 2.24) is 0 Å². The zero-order valence-electron chi connectivity index (χ0n) is 29.4. The van der Waals surface area contributed by atoms with Crippen LogP contribution in [0.5, 0.6) is 0 Å². The Hall–Kier alpha value is -0.843. The van der Waals surface area contributed by atoms with Crippen molar-refractivity contribution in [3.05, 3.63) is 0 Å². The molecule has 0 radical (unpaired) electrons. The van der Waals surface area contributed by atoms with Gasteiger partial charge in [-0.2, -0.15) is 0 Å². The Morgan fingerprint density at radius 3 is 2.14 bits per heavy atom. The molecule has 2 rings (SSSR count). The van der Waals surface area contributed by atoms with Crippen molar-refractivity contribution < 1.29 is 38.1 Å². The third-order valence-corrected chi connectivity index (χ3v) is 14.4. The van der Waals surface area contributed by atoms with Crippen LogP contribution in [0.3, 0.4) is 0 Å². The molecule has 2 aliphatic heterocycles. The van der Waals surface area contributed by atoms with Crippen LogP contribution < -0.4 is 0 Å². The van der Waals surface area contributed by atoms with Crippen LogP contribution in [0.25, 0.3) is 0 Å². The van der Waals surface area contributed by atoms with E-state index < -0.39 is 37.6 Å². The maximum Gasteiger partial charge on any atom is 0.314 e. The molecule has 0 aromatic carbocycles. The van der Waals surface area contributed by atoms with Crippen LogP contribution in [-0.2, 0) is 33.0 Å². The number of rotatable bonds is 16. The van der Waals surface area contributed by atoms with Crippen molar-refractivity contribution in [3.8, 4) is 0 Å². The standard InChI is InChI=1S/C34H64O8Si/c1-13-15-26(42-43(11,12)33(8,9)10)22-25-16-17-29(40-25)24(4)30(36)23(3)28(35)18-19-34(38-20-21-39-34)27(14-2)31(37)41-32(5,6)7/h23-27,29-30,36H,13-22H2,1-12H3/t23-,24-,25+,26+,27?,29-,30-/m1/s1. The molecule has 0 amide bonds. The molecule has 0 aliphatic carbocycles. The second-order valence-corrected chi connectivity index (χ2v) is 20.3. The second-order valence-electron chi connectivity index (χ2n) is 15.5. The first-order valence-electron chi connectivity index (χ1n) is 16.8. The van der Waals surface area contributed by atoms with E-state index in [2.05, 4.69) is 40.8 Å². The molecule has 0 spiro atoms. The SMILES string of the molecule is CCC[C@@H](C[C@@H]1CC[C@H]([C@@H](C)[C@H](O)[C@H](C)C(=O)CCC2(C(CC)C(=O)OC(C)(C)C)OCCO2)O1)O[Si](C)(C)C(C)(C)C. The van der Waals surface area contributed by atoms with Crippen LogP contribution in [0, 0.1) is 17.8 Å². The molecule has 2 heterocycles. The lowest BCUT2D eigenvalue weighted by Crippen LogP contribution is -2.46. The predicted octanol–water partition coefficient (Wildman–Crippen LogP) is 7.21. The third-order valence-electron chi connectivity index (χ3n) is 9.82. The molecule has 8 nitrogen and oxygen atoms in total. The van der Waals surface area contributed by atoms with Gasteiger partial charge in [-0.15, -0.1) is 0 Å². The molecule has 0 bridgehead atoms. The first-order valence-corrected chi connectivity index (χ1v) is 19.7. The molecule has 0 aromatic rings. The maximum atomic E-state index is 13.4. The number of aliphatic hydroxyl groups excluding tert-OH is 1. The lowest BCUT2D eigenvalue weighted by Gasteiger charge is -2.40. The Labute approximate surface area is 263 Å². The Morgan fingerprint density at radius 2 is 1.63 bits per heavy atom. The number of ketones is 1. The molecule has 43 heavy (non-hydrogen) atoms. The Morgan fingerprint density at radius 1 is 1.02 bits per heavy atom. The summed E-state index contributed by atoms with van der Waals surface area (Å²) in [5.74, 6) is -3.04. The van der Waals surface area contributed by atoms with Gasteiger partial charge >= 0.3 is 5.97 Å². The number of carbonyl (C=O) groups is 2. The molecule has 1 N–H and O–H groups in total. The van der Waals surface area contributed by atoms with Crippen LogP contribution in [0.4, 0.5) is 0 Å². The van der Waals surface area contributed by atoms with Crippen LogP contribution in [0.1, 0.15) is 121 Å². The highest BCUT2D eigenvalue weighted by molar-refractivity contribution is 6.74. The molecule has 2 aliphatic rings. The summed E-state index contributed by atoms with van der Waals surface area (Å²) in [6.45, 7) is 25.5. The number of hydrogen-bond acceptors (Lipinski definition) is 8. The molecular weight excluding hydrogens is 564 g/mol.